The Balaban J connectivity index is 1.61. The summed E-state index contributed by atoms with van der Waals surface area (Å²) in [6.45, 7) is 3.23. The van der Waals surface area contributed by atoms with Crippen molar-refractivity contribution in [1.29, 1.82) is 0 Å². The van der Waals surface area contributed by atoms with Crippen LogP contribution in [0.2, 0.25) is 0 Å². The van der Waals surface area contributed by atoms with Crippen molar-refractivity contribution >= 4 is 11.7 Å². The van der Waals surface area contributed by atoms with Gasteiger partial charge < -0.3 is 9.64 Å². The minimum Gasteiger partial charge on any atom is -0.493 e. The average Bonchev–Trinajstić information content (AvgIpc) is 2.66. The Labute approximate surface area is 152 Å². The van der Waals surface area contributed by atoms with Gasteiger partial charge in [0.1, 0.15) is 11.6 Å². The number of likely N-dealkylation sites (tertiary alicyclic amines) is 1. The highest BCUT2D eigenvalue weighted by Crippen LogP contribution is 2.21. The molecule has 1 atom stereocenters. The first kappa shape index (κ1) is 18.1. The van der Waals surface area contributed by atoms with Crippen molar-refractivity contribution in [2.24, 2.45) is 5.92 Å². The van der Waals surface area contributed by atoms with E-state index in [2.05, 4.69) is 0 Å². The van der Waals surface area contributed by atoms with Crippen LogP contribution in [-0.2, 0) is 0 Å². The third-order valence-corrected chi connectivity index (χ3v) is 4.60. The highest BCUT2D eigenvalue weighted by Gasteiger charge is 2.25. The molecule has 1 amide bonds. The van der Waals surface area contributed by atoms with Gasteiger partial charge in [0, 0.05) is 36.2 Å². The van der Waals surface area contributed by atoms with E-state index in [1.807, 2.05) is 4.90 Å². The highest BCUT2D eigenvalue weighted by atomic mass is 19.1. The molecular formula is C21H22FNO3. The maximum absolute atomic E-state index is 13.2. The van der Waals surface area contributed by atoms with Crippen molar-refractivity contribution < 1.29 is 18.7 Å². The lowest BCUT2D eigenvalue weighted by Crippen LogP contribution is -2.41. The number of piperidine rings is 1. The Morgan fingerprint density at radius 3 is 2.69 bits per heavy atom. The molecule has 0 aromatic heterocycles. The molecule has 136 valence electrons. The lowest BCUT2D eigenvalue weighted by Gasteiger charge is -2.32. The lowest BCUT2D eigenvalue weighted by atomic mass is 9.98. The van der Waals surface area contributed by atoms with Gasteiger partial charge in [-0.15, -0.1) is 0 Å². The van der Waals surface area contributed by atoms with Crippen LogP contribution in [0.25, 0.3) is 0 Å². The standard InChI is InChI=1S/C21H22FNO3/c1-15(24)17-6-2-7-18(11-17)21(25)23-10-4-5-16(13-23)14-26-20-9-3-8-19(22)12-20/h2-3,6-9,11-12,16H,4-5,10,13-14H2,1H3. The van der Waals surface area contributed by atoms with Gasteiger partial charge in [-0.25, -0.2) is 4.39 Å². The molecule has 1 unspecified atom stereocenters. The summed E-state index contributed by atoms with van der Waals surface area (Å²) in [7, 11) is 0. The number of hydrogen-bond donors (Lipinski definition) is 0. The first-order valence-electron chi connectivity index (χ1n) is 8.81. The van der Waals surface area contributed by atoms with Crippen LogP contribution in [0.4, 0.5) is 4.39 Å². The number of carbonyl (C=O) groups is 2. The predicted octanol–water partition coefficient (Wildman–Crippen LogP) is 3.96. The molecule has 3 rings (SSSR count). The molecule has 1 fully saturated rings. The summed E-state index contributed by atoms with van der Waals surface area (Å²) < 4.78 is 18.9. The third kappa shape index (κ3) is 4.48. The first-order chi connectivity index (χ1) is 12.5. The van der Waals surface area contributed by atoms with Gasteiger partial charge >= 0.3 is 0 Å². The highest BCUT2D eigenvalue weighted by molar-refractivity contribution is 5.99. The number of benzene rings is 2. The normalized spacial score (nSPS) is 17.0. The zero-order chi connectivity index (χ0) is 18.5. The zero-order valence-electron chi connectivity index (χ0n) is 14.8. The largest absolute Gasteiger partial charge is 0.493 e. The number of ketones is 1. The Morgan fingerprint density at radius 2 is 1.92 bits per heavy atom. The van der Waals surface area contributed by atoms with Crippen LogP contribution in [0.1, 0.15) is 40.5 Å². The molecule has 1 aliphatic heterocycles. The van der Waals surface area contributed by atoms with E-state index in [4.69, 9.17) is 4.74 Å². The van der Waals surface area contributed by atoms with Crippen molar-refractivity contribution in [2.75, 3.05) is 19.7 Å². The average molecular weight is 355 g/mol. The van der Waals surface area contributed by atoms with E-state index in [1.54, 1.807) is 36.4 Å². The molecule has 0 radical (unpaired) electrons. The van der Waals surface area contributed by atoms with Crippen LogP contribution in [0.5, 0.6) is 5.75 Å². The molecule has 0 spiro atoms. The summed E-state index contributed by atoms with van der Waals surface area (Å²) in [5.74, 6) is 0.256. The predicted molar refractivity (Wildman–Crippen MR) is 97.0 cm³/mol. The maximum Gasteiger partial charge on any atom is 0.253 e. The van der Waals surface area contributed by atoms with Gasteiger partial charge in [-0.3, -0.25) is 9.59 Å². The van der Waals surface area contributed by atoms with Crippen molar-refractivity contribution in [3.8, 4) is 5.75 Å². The molecule has 0 bridgehead atoms. The molecule has 0 aliphatic carbocycles. The van der Waals surface area contributed by atoms with Crippen LogP contribution in [0, 0.1) is 11.7 Å². The quantitative estimate of drug-likeness (QED) is 0.763. The molecule has 1 saturated heterocycles. The molecule has 5 heteroatoms. The Bertz CT molecular complexity index is 805. The molecule has 4 nitrogen and oxygen atoms in total. The van der Waals surface area contributed by atoms with Crippen LogP contribution in [0.3, 0.4) is 0 Å². The molecular weight excluding hydrogens is 333 g/mol. The van der Waals surface area contributed by atoms with Gasteiger partial charge in [0.2, 0.25) is 0 Å². The number of nitrogens with zero attached hydrogens (tertiary/aromatic N) is 1. The fourth-order valence-corrected chi connectivity index (χ4v) is 3.21. The smallest absolute Gasteiger partial charge is 0.253 e. The fourth-order valence-electron chi connectivity index (χ4n) is 3.21. The number of Topliss-reactive ketones (excluding diaryl/α,β-unsaturated/α-hetero) is 1. The molecule has 1 aliphatic rings. The van der Waals surface area contributed by atoms with E-state index in [9.17, 15) is 14.0 Å². The summed E-state index contributed by atoms with van der Waals surface area (Å²) in [4.78, 5) is 26.1. The molecule has 2 aromatic rings. The second-order valence-corrected chi connectivity index (χ2v) is 6.66. The minimum atomic E-state index is -0.326. The second kappa shape index (κ2) is 8.13. The SMILES string of the molecule is CC(=O)c1cccc(C(=O)N2CCCC(COc3cccc(F)c3)C2)c1. The number of hydrogen-bond acceptors (Lipinski definition) is 3. The summed E-state index contributed by atoms with van der Waals surface area (Å²) >= 11 is 0. The second-order valence-electron chi connectivity index (χ2n) is 6.66. The molecule has 1 heterocycles. The number of ether oxygens (including phenoxy) is 1. The third-order valence-electron chi connectivity index (χ3n) is 4.60. The summed E-state index contributed by atoms with van der Waals surface area (Å²) in [5, 5.41) is 0. The minimum absolute atomic E-state index is 0.0559. The van der Waals surface area contributed by atoms with Crippen molar-refractivity contribution in [2.45, 2.75) is 19.8 Å². The van der Waals surface area contributed by atoms with E-state index >= 15 is 0 Å². The van der Waals surface area contributed by atoms with Crippen LogP contribution in [0.15, 0.2) is 48.5 Å². The Kier molecular flexibility index (Phi) is 5.66. The van der Waals surface area contributed by atoms with Gasteiger partial charge in [-0.1, -0.05) is 18.2 Å². The van der Waals surface area contributed by atoms with Crippen LogP contribution in [-0.4, -0.2) is 36.3 Å². The van der Waals surface area contributed by atoms with E-state index in [1.165, 1.54) is 19.1 Å². The van der Waals surface area contributed by atoms with E-state index < -0.39 is 0 Å². The van der Waals surface area contributed by atoms with Crippen LogP contribution >= 0.6 is 0 Å². The van der Waals surface area contributed by atoms with Crippen LogP contribution < -0.4 is 4.74 Å². The number of halogens is 1. The monoisotopic (exact) mass is 355 g/mol. The first-order valence-corrected chi connectivity index (χ1v) is 8.81. The molecule has 26 heavy (non-hydrogen) atoms. The summed E-state index contributed by atoms with van der Waals surface area (Å²) in [6, 6.07) is 12.9. The maximum atomic E-state index is 13.2. The van der Waals surface area contributed by atoms with E-state index in [0.29, 0.717) is 36.6 Å². The van der Waals surface area contributed by atoms with Gasteiger partial charge in [0.15, 0.2) is 5.78 Å². The number of amides is 1. The zero-order valence-corrected chi connectivity index (χ0v) is 14.8. The van der Waals surface area contributed by atoms with Gasteiger partial charge in [0.25, 0.3) is 5.91 Å². The molecule has 2 aromatic carbocycles. The van der Waals surface area contributed by atoms with Crippen molar-refractivity contribution in [3.05, 3.63) is 65.5 Å². The fraction of sp³-hybridized carbons (Fsp3) is 0.333. The Morgan fingerprint density at radius 1 is 1.15 bits per heavy atom. The number of carbonyl (C=O) groups excluding carboxylic acids is 2. The topological polar surface area (TPSA) is 46.6 Å². The number of rotatable bonds is 5. The summed E-state index contributed by atoms with van der Waals surface area (Å²) in [5.41, 5.74) is 1.07. The summed E-state index contributed by atoms with van der Waals surface area (Å²) in [6.07, 6.45) is 1.86. The van der Waals surface area contributed by atoms with E-state index in [0.717, 1.165) is 12.8 Å². The molecule has 0 saturated carbocycles. The van der Waals surface area contributed by atoms with Crippen molar-refractivity contribution in [1.82, 2.24) is 4.90 Å². The Hall–Kier alpha value is -2.69. The van der Waals surface area contributed by atoms with Crippen molar-refractivity contribution in [3.63, 3.8) is 0 Å². The van der Waals surface area contributed by atoms with Gasteiger partial charge in [0.05, 0.1) is 6.61 Å². The van der Waals surface area contributed by atoms with Gasteiger partial charge in [-0.2, -0.15) is 0 Å². The van der Waals surface area contributed by atoms with Gasteiger partial charge in [-0.05, 0) is 44.0 Å². The lowest BCUT2D eigenvalue weighted by molar-refractivity contribution is 0.0633. The molecule has 0 N–H and O–H groups in total. The van der Waals surface area contributed by atoms with E-state index in [-0.39, 0.29) is 23.4 Å².